The summed E-state index contributed by atoms with van der Waals surface area (Å²) >= 11 is 0. The molecule has 0 fully saturated rings. The van der Waals surface area contributed by atoms with E-state index in [-0.39, 0.29) is 6.17 Å². The molecule has 1 atom stereocenters. The van der Waals surface area contributed by atoms with Gasteiger partial charge in [-0.15, -0.1) is 0 Å². The van der Waals surface area contributed by atoms with E-state index in [4.69, 9.17) is 9.98 Å². The fraction of sp³-hybridized carbons (Fsp3) is 0.0612. The van der Waals surface area contributed by atoms with Crippen molar-refractivity contribution in [3.8, 4) is 11.4 Å². The maximum Gasteiger partial charge on any atom is 0.159 e. The number of hydrogen-bond donors (Lipinski definition) is 1. The van der Waals surface area contributed by atoms with E-state index in [0.29, 0.717) is 0 Å². The average molecular weight is 694 g/mol. The van der Waals surface area contributed by atoms with Gasteiger partial charge in [-0.3, -0.25) is 0 Å². The highest BCUT2D eigenvalue weighted by Gasteiger charge is 2.23. The number of para-hydroxylation sites is 3. The molecule has 1 aliphatic carbocycles. The van der Waals surface area contributed by atoms with Crippen molar-refractivity contribution in [1.82, 2.24) is 14.5 Å². The maximum atomic E-state index is 5.17. The van der Waals surface area contributed by atoms with Crippen molar-refractivity contribution in [2.75, 3.05) is 0 Å². The summed E-state index contributed by atoms with van der Waals surface area (Å²) in [5.74, 6) is 1.58. The van der Waals surface area contributed by atoms with E-state index >= 15 is 0 Å². The van der Waals surface area contributed by atoms with E-state index in [0.717, 1.165) is 52.6 Å². The van der Waals surface area contributed by atoms with Gasteiger partial charge in [0.25, 0.3) is 0 Å². The van der Waals surface area contributed by atoms with Crippen LogP contribution in [0.4, 0.5) is 0 Å². The van der Waals surface area contributed by atoms with E-state index < -0.39 is 0 Å². The predicted octanol–water partition coefficient (Wildman–Crippen LogP) is 11.3. The minimum atomic E-state index is -0.292. The molecule has 2 aliphatic rings. The Morgan fingerprint density at radius 3 is 1.81 bits per heavy atom. The summed E-state index contributed by atoms with van der Waals surface area (Å²) in [5, 5.41) is 8.64. The standard InChI is InChI=1S/C49H35N5/c1-3-14-33(15-4-1)47-50-48(52-49(51-47)36-24-23-32-13-7-8-16-35(32)29-36)34-25-27-38(28-26-34)54-44-22-12-10-20-40(44)42-30-45-41(31-46(42)54)39-19-9-11-21-43(39)53(45)37-17-5-2-6-18-37/h1-7,9-15,17-31,48H,8,16H2,(H,50,51,52). The van der Waals surface area contributed by atoms with Crippen molar-refractivity contribution in [2.24, 2.45) is 9.98 Å². The molecule has 0 amide bonds. The van der Waals surface area contributed by atoms with Crippen molar-refractivity contribution in [3.63, 3.8) is 0 Å². The summed E-state index contributed by atoms with van der Waals surface area (Å²) in [6.45, 7) is 0. The van der Waals surface area contributed by atoms with Crippen LogP contribution in [0.25, 0.3) is 61.1 Å². The molecule has 0 saturated carbocycles. The van der Waals surface area contributed by atoms with Gasteiger partial charge < -0.3 is 14.5 Å². The van der Waals surface area contributed by atoms with E-state index in [2.05, 4.69) is 172 Å². The van der Waals surface area contributed by atoms with E-state index in [1.165, 1.54) is 54.7 Å². The van der Waals surface area contributed by atoms with Gasteiger partial charge in [0.1, 0.15) is 12.0 Å². The Morgan fingerprint density at radius 2 is 1.13 bits per heavy atom. The zero-order valence-corrected chi connectivity index (χ0v) is 29.5. The van der Waals surface area contributed by atoms with Gasteiger partial charge in [0.15, 0.2) is 5.84 Å². The lowest BCUT2D eigenvalue weighted by atomic mass is 9.95. The van der Waals surface area contributed by atoms with Gasteiger partial charge in [0.05, 0.1) is 22.1 Å². The monoisotopic (exact) mass is 693 g/mol. The normalized spacial score (nSPS) is 15.4. The lowest BCUT2D eigenvalue weighted by molar-refractivity contribution is 0.674. The molecule has 2 aromatic heterocycles. The van der Waals surface area contributed by atoms with E-state index in [1.54, 1.807) is 0 Å². The van der Waals surface area contributed by atoms with Gasteiger partial charge >= 0.3 is 0 Å². The first-order chi connectivity index (χ1) is 26.8. The third-order valence-electron chi connectivity index (χ3n) is 11.0. The fourth-order valence-corrected chi connectivity index (χ4v) is 8.43. The quantitative estimate of drug-likeness (QED) is 0.192. The predicted molar refractivity (Wildman–Crippen MR) is 224 cm³/mol. The summed E-state index contributed by atoms with van der Waals surface area (Å²) in [6.07, 6.45) is 6.29. The van der Waals surface area contributed by atoms with Crippen molar-refractivity contribution in [1.29, 1.82) is 0 Å². The second-order valence-electron chi connectivity index (χ2n) is 14.2. The lowest BCUT2D eigenvalue weighted by Crippen LogP contribution is -2.33. The van der Waals surface area contributed by atoms with Crippen molar-refractivity contribution >= 4 is 61.4 Å². The molecule has 5 nitrogen and oxygen atoms in total. The number of nitrogens with one attached hydrogen (secondary N) is 1. The highest BCUT2D eigenvalue weighted by Crippen LogP contribution is 2.39. The Labute approximate surface area is 312 Å². The number of nitrogens with zero attached hydrogens (tertiary/aromatic N) is 4. The molecular formula is C49H35N5. The second-order valence-corrected chi connectivity index (χ2v) is 14.2. The first kappa shape index (κ1) is 30.6. The van der Waals surface area contributed by atoms with Gasteiger partial charge in [-0.05, 0) is 84.1 Å². The smallest absolute Gasteiger partial charge is 0.159 e. The molecule has 1 unspecified atom stereocenters. The number of allylic oxidation sites excluding steroid dienone is 1. The Hall–Kier alpha value is -6.98. The van der Waals surface area contributed by atoms with Gasteiger partial charge in [0, 0.05) is 44.0 Å². The summed E-state index contributed by atoms with van der Waals surface area (Å²) in [4.78, 5) is 10.2. The second kappa shape index (κ2) is 12.3. The topological polar surface area (TPSA) is 46.6 Å². The van der Waals surface area contributed by atoms with Gasteiger partial charge in [-0.1, -0.05) is 121 Å². The maximum absolute atomic E-state index is 5.17. The van der Waals surface area contributed by atoms with Crippen LogP contribution in [0, 0.1) is 0 Å². The summed E-state index contributed by atoms with van der Waals surface area (Å²) in [5.41, 5.74) is 12.9. The number of fused-ring (bicyclic) bond motifs is 7. The Kier molecular flexibility index (Phi) is 6.99. The molecule has 1 aliphatic heterocycles. The Morgan fingerprint density at radius 1 is 0.519 bits per heavy atom. The third kappa shape index (κ3) is 4.93. The highest BCUT2D eigenvalue weighted by atomic mass is 15.2. The molecule has 3 heterocycles. The van der Waals surface area contributed by atoms with Gasteiger partial charge in [0.2, 0.25) is 0 Å². The first-order valence-corrected chi connectivity index (χ1v) is 18.7. The Bertz CT molecular complexity index is 3000. The minimum absolute atomic E-state index is 0.292. The highest BCUT2D eigenvalue weighted by molar-refractivity contribution is 6.19. The van der Waals surface area contributed by atoms with Crippen LogP contribution < -0.4 is 5.32 Å². The molecular weight excluding hydrogens is 659 g/mol. The van der Waals surface area contributed by atoms with Crippen LogP contribution >= 0.6 is 0 Å². The SMILES string of the molecule is C1=Cc2ccc(C3=NC(c4ccccc4)=NC(c4ccc(-n5c6ccccc6c6cc7c(cc65)c5ccccc5n7-c5ccccc5)cc4)N3)cc2CC1. The molecule has 0 saturated heterocycles. The molecule has 1 N–H and O–H groups in total. The molecule has 7 aromatic carbocycles. The lowest BCUT2D eigenvalue weighted by Gasteiger charge is -2.24. The van der Waals surface area contributed by atoms with Crippen molar-refractivity contribution in [2.45, 2.75) is 19.0 Å². The minimum Gasteiger partial charge on any atom is -0.344 e. The van der Waals surface area contributed by atoms with Crippen LogP contribution in [-0.4, -0.2) is 20.8 Å². The number of benzene rings is 7. The largest absolute Gasteiger partial charge is 0.344 e. The van der Waals surface area contributed by atoms with E-state index in [9.17, 15) is 0 Å². The summed E-state index contributed by atoms with van der Waals surface area (Å²) in [7, 11) is 0. The number of hydrogen-bond acceptors (Lipinski definition) is 3. The molecule has 256 valence electrons. The van der Waals surface area contributed by atoms with Crippen LogP contribution in [0.15, 0.2) is 180 Å². The number of rotatable bonds is 5. The summed E-state index contributed by atoms with van der Waals surface area (Å²) in [6, 6.07) is 58.8. The van der Waals surface area contributed by atoms with Crippen LogP contribution in [-0.2, 0) is 6.42 Å². The molecule has 0 bridgehead atoms. The molecule has 5 heteroatoms. The van der Waals surface area contributed by atoms with Crippen LogP contribution in [0.1, 0.15) is 40.4 Å². The third-order valence-corrected chi connectivity index (χ3v) is 11.0. The van der Waals surface area contributed by atoms with Gasteiger partial charge in [-0.25, -0.2) is 9.98 Å². The van der Waals surface area contributed by atoms with E-state index in [1.807, 2.05) is 18.2 Å². The summed E-state index contributed by atoms with van der Waals surface area (Å²) < 4.78 is 4.80. The van der Waals surface area contributed by atoms with Crippen molar-refractivity contribution < 1.29 is 0 Å². The van der Waals surface area contributed by atoms with Gasteiger partial charge in [-0.2, -0.15) is 0 Å². The molecule has 54 heavy (non-hydrogen) atoms. The number of aryl methyl sites for hydroxylation is 1. The number of aromatic nitrogens is 2. The van der Waals surface area contributed by atoms with Crippen molar-refractivity contribution in [3.05, 3.63) is 198 Å². The van der Waals surface area contributed by atoms with Crippen LogP contribution in [0.2, 0.25) is 0 Å². The number of amidine groups is 2. The molecule has 0 spiro atoms. The zero-order chi connectivity index (χ0) is 35.6. The zero-order valence-electron chi connectivity index (χ0n) is 29.5. The Balaban J connectivity index is 1.03. The van der Waals surface area contributed by atoms with Crippen LogP contribution in [0.3, 0.4) is 0 Å². The molecule has 11 rings (SSSR count). The fourth-order valence-electron chi connectivity index (χ4n) is 8.43. The van der Waals surface area contributed by atoms with Crippen LogP contribution in [0.5, 0.6) is 0 Å². The average Bonchev–Trinajstić information content (AvgIpc) is 3.75. The number of aliphatic imine (C=N–C) groups is 2. The molecule has 9 aromatic rings. The molecule has 0 radical (unpaired) electrons. The first-order valence-electron chi connectivity index (χ1n) is 18.7.